The molecule has 0 N–H and O–H groups in total. The maximum Gasteiger partial charge on any atom is 0.0810 e. The third kappa shape index (κ3) is 1.95. The molecule has 0 amide bonds. The van der Waals surface area contributed by atoms with Crippen molar-refractivity contribution in [3.8, 4) is 0 Å². The van der Waals surface area contributed by atoms with Crippen LogP contribution in [0, 0.1) is 0 Å². The van der Waals surface area contributed by atoms with E-state index in [4.69, 9.17) is 9.47 Å². The molecular weight excluding hydrogens is 116 g/mol. The van der Waals surface area contributed by atoms with E-state index in [-0.39, 0.29) is 0 Å². The van der Waals surface area contributed by atoms with Crippen molar-refractivity contribution in [1.82, 2.24) is 0 Å². The van der Waals surface area contributed by atoms with E-state index in [0.29, 0.717) is 12.2 Å². The zero-order chi connectivity index (χ0) is 6.10. The van der Waals surface area contributed by atoms with Crippen molar-refractivity contribution in [3.63, 3.8) is 0 Å². The lowest BCUT2D eigenvalue weighted by molar-refractivity contribution is 0.365. The minimum atomic E-state index is 0.615. The van der Waals surface area contributed by atoms with Gasteiger partial charge in [0.1, 0.15) is 0 Å². The lowest BCUT2D eigenvalue weighted by Gasteiger charge is -1.90. The molecular formula is C7H12O2. The van der Waals surface area contributed by atoms with E-state index in [1.165, 1.54) is 19.3 Å². The van der Waals surface area contributed by atoms with E-state index in [1.807, 2.05) is 0 Å². The molecule has 0 radical (unpaired) electrons. The number of epoxide rings is 2. The molecule has 2 nitrogen and oxygen atoms in total. The average molecular weight is 128 g/mol. The highest BCUT2D eigenvalue weighted by atomic mass is 16.6. The van der Waals surface area contributed by atoms with Crippen LogP contribution in [0.5, 0.6) is 0 Å². The van der Waals surface area contributed by atoms with Crippen molar-refractivity contribution < 1.29 is 9.47 Å². The molecule has 2 heteroatoms. The molecule has 0 bridgehead atoms. The van der Waals surface area contributed by atoms with Crippen LogP contribution in [0.15, 0.2) is 0 Å². The summed E-state index contributed by atoms with van der Waals surface area (Å²) in [6.07, 6.45) is 5.02. The van der Waals surface area contributed by atoms with Gasteiger partial charge >= 0.3 is 0 Å². The van der Waals surface area contributed by atoms with Crippen molar-refractivity contribution >= 4 is 0 Å². The molecule has 0 aromatic rings. The van der Waals surface area contributed by atoms with Crippen LogP contribution in [-0.2, 0) is 9.47 Å². The summed E-state index contributed by atoms with van der Waals surface area (Å²) in [5.74, 6) is 0. The van der Waals surface area contributed by atoms with Gasteiger partial charge in [-0.3, -0.25) is 0 Å². The van der Waals surface area contributed by atoms with Crippen LogP contribution in [0.2, 0.25) is 0 Å². The van der Waals surface area contributed by atoms with Gasteiger partial charge in [-0.1, -0.05) is 0 Å². The van der Waals surface area contributed by atoms with Crippen LogP contribution in [0.3, 0.4) is 0 Å². The topological polar surface area (TPSA) is 25.1 Å². The van der Waals surface area contributed by atoms with Gasteiger partial charge in [0, 0.05) is 0 Å². The summed E-state index contributed by atoms with van der Waals surface area (Å²) in [5.41, 5.74) is 0. The Morgan fingerprint density at radius 3 is 1.78 bits per heavy atom. The van der Waals surface area contributed by atoms with E-state index in [0.717, 1.165) is 13.2 Å². The standard InChI is InChI=1S/C7H12O2/c1(2-6-4-8-6)3-7-5-9-7/h6-7H,1-5H2/t6-,7-/m1/s1. The zero-order valence-corrected chi connectivity index (χ0v) is 5.51. The summed E-state index contributed by atoms with van der Waals surface area (Å²) in [5, 5.41) is 0. The minimum Gasteiger partial charge on any atom is -0.373 e. The van der Waals surface area contributed by atoms with Crippen LogP contribution >= 0.6 is 0 Å². The smallest absolute Gasteiger partial charge is 0.0810 e. The maximum absolute atomic E-state index is 5.07. The summed E-state index contributed by atoms with van der Waals surface area (Å²) in [6, 6.07) is 0. The Hall–Kier alpha value is -0.0800. The minimum absolute atomic E-state index is 0.615. The van der Waals surface area contributed by atoms with Crippen LogP contribution < -0.4 is 0 Å². The van der Waals surface area contributed by atoms with Crippen LogP contribution in [0.25, 0.3) is 0 Å². The second-order valence-electron chi connectivity index (χ2n) is 2.84. The molecule has 0 aromatic heterocycles. The molecule has 0 saturated carbocycles. The molecule has 0 unspecified atom stereocenters. The summed E-state index contributed by atoms with van der Waals surface area (Å²) < 4.78 is 10.1. The van der Waals surface area contributed by atoms with Crippen LogP contribution in [0.4, 0.5) is 0 Å². The lowest BCUT2D eigenvalue weighted by Crippen LogP contribution is -1.89. The van der Waals surface area contributed by atoms with Crippen LogP contribution in [-0.4, -0.2) is 25.4 Å². The van der Waals surface area contributed by atoms with Gasteiger partial charge in [-0.2, -0.15) is 0 Å². The van der Waals surface area contributed by atoms with E-state index in [9.17, 15) is 0 Å². The fraction of sp³-hybridized carbons (Fsp3) is 1.00. The molecule has 52 valence electrons. The highest BCUT2D eigenvalue weighted by Gasteiger charge is 2.25. The maximum atomic E-state index is 5.07. The fourth-order valence-corrected chi connectivity index (χ4v) is 1.04. The lowest BCUT2D eigenvalue weighted by atomic mass is 10.2. The third-order valence-corrected chi connectivity index (χ3v) is 1.86. The third-order valence-electron chi connectivity index (χ3n) is 1.86. The Bertz CT molecular complexity index is 83.1. The molecule has 2 fully saturated rings. The summed E-state index contributed by atoms with van der Waals surface area (Å²) in [4.78, 5) is 0. The van der Waals surface area contributed by atoms with Crippen molar-refractivity contribution in [2.75, 3.05) is 13.2 Å². The Morgan fingerprint density at radius 2 is 1.44 bits per heavy atom. The van der Waals surface area contributed by atoms with Crippen molar-refractivity contribution in [2.45, 2.75) is 31.5 Å². The van der Waals surface area contributed by atoms with Gasteiger partial charge in [0.25, 0.3) is 0 Å². The van der Waals surface area contributed by atoms with Gasteiger partial charge in [-0.25, -0.2) is 0 Å². The first-order chi connectivity index (χ1) is 4.45. The molecule has 0 aromatic carbocycles. The van der Waals surface area contributed by atoms with Gasteiger partial charge in [0.2, 0.25) is 0 Å². The highest BCUT2D eigenvalue weighted by molar-refractivity contribution is 4.73. The quantitative estimate of drug-likeness (QED) is 0.527. The molecule has 0 aliphatic carbocycles. The Morgan fingerprint density at radius 1 is 1.00 bits per heavy atom. The van der Waals surface area contributed by atoms with Gasteiger partial charge in [-0.05, 0) is 19.3 Å². The molecule has 2 atom stereocenters. The highest BCUT2D eigenvalue weighted by Crippen LogP contribution is 2.21. The number of ether oxygens (including phenoxy) is 2. The molecule has 2 rings (SSSR count). The van der Waals surface area contributed by atoms with Crippen LogP contribution in [0.1, 0.15) is 19.3 Å². The Balaban J connectivity index is 1.46. The van der Waals surface area contributed by atoms with Gasteiger partial charge in [0.15, 0.2) is 0 Å². The normalized spacial score (nSPS) is 38.7. The fourth-order valence-electron chi connectivity index (χ4n) is 1.04. The van der Waals surface area contributed by atoms with E-state index >= 15 is 0 Å². The van der Waals surface area contributed by atoms with Crippen molar-refractivity contribution in [3.05, 3.63) is 0 Å². The molecule has 9 heavy (non-hydrogen) atoms. The SMILES string of the molecule is C(C[C@@H]1CO1)C[C@@H]1CO1. The number of hydrogen-bond acceptors (Lipinski definition) is 2. The zero-order valence-electron chi connectivity index (χ0n) is 5.51. The van der Waals surface area contributed by atoms with E-state index in [1.54, 1.807) is 0 Å². The Labute approximate surface area is 55.1 Å². The summed E-state index contributed by atoms with van der Waals surface area (Å²) in [7, 11) is 0. The second kappa shape index (κ2) is 2.27. The first-order valence-electron chi connectivity index (χ1n) is 3.68. The van der Waals surface area contributed by atoms with Gasteiger partial charge < -0.3 is 9.47 Å². The average Bonchev–Trinajstić information content (AvgIpc) is 2.57. The van der Waals surface area contributed by atoms with Crippen molar-refractivity contribution in [1.29, 1.82) is 0 Å². The van der Waals surface area contributed by atoms with Crippen molar-refractivity contribution in [2.24, 2.45) is 0 Å². The molecule has 0 spiro atoms. The molecule has 2 aliphatic rings. The predicted octanol–water partition coefficient (Wildman–Crippen LogP) is 0.954. The molecule has 2 saturated heterocycles. The first-order valence-corrected chi connectivity index (χ1v) is 3.68. The summed E-state index contributed by atoms with van der Waals surface area (Å²) in [6.45, 7) is 2.01. The molecule has 2 aliphatic heterocycles. The van der Waals surface area contributed by atoms with Gasteiger partial charge in [-0.15, -0.1) is 0 Å². The summed E-state index contributed by atoms with van der Waals surface area (Å²) >= 11 is 0. The van der Waals surface area contributed by atoms with Gasteiger partial charge in [0.05, 0.1) is 25.4 Å². The largest absolute Gasteiger partial charge is 0.373 e. The molecule has 2 heterocycles. The Kier molecular flexibility index (Phi) is 1.44. The van der Waals surface area contributed by atoms with E-state index in [2.05, 4.69) is 0 Å². The number of hydrogen-bond donors (Lipinski definition) is 0. The first kappa shape index (κ1) is 5.69. The van der Waals surface area contributed by atoms with E-state index < -0.39 is 0 Å². The second-order valence-corrected chi connectivity index (χ2v) is 2.84. The predicted molar refractivity (Wildman–Crippen MR) is 33.3 cm³/mol. The number of rotatable bonds is 4. The monoisotopic (exact) mass is 128 g/mol.